The minimum atomic E-state index is 0.0118. The Morgan fingerprint density at radius 2 is 2.00 bits per heavy atom. The lowest BCUT2D eigenvalue weighted by Crippen LogP contribution is -2.47. The molecule has 2 aliphatic rings. The Morgan fingerprint density at radius 3 is 2.71 bits per heavy atom. The number of rotatable bonds is 4. The fraction of sp³-hybridized carbons (Fsp3) is 0.923. The second kappa shape index (κ2) is 6.36. The summed E-state index contributed by atoms with van der Waals surface area (Å²) in [6.07, 6.45) is 6.72. The predicted molar refractivity (Wildman–Crippen MR) is 66.6 cm³/mol. The van der Waals surface area contributed by atoms with E-state index in [2.05, 4.69) is 10.6 Å². The maximum atomic E-state index is 11.9. The molecular weight excluding hydrogens is 216 g/mol. The quantitative estimate of drug-likeness (QED) is 0.676. The highest BCUT2D eigenvalue weighted by Gasteiger charge is 2.28. The maximum absolute atomic E-state index is 11.9. The second-order valence-corrected chi connectivity index (χ2v) is 5.38. The summed E-state index contributed by atoms with van der Waals surface area (Å²) in [5.41, 5.74) is 0. The molecule has 0 aromatic heterocycles. The molecule has 0 aromatic rings. The van der Waals surface area contributed by atoms with Gasteiger partial charge in [-0.2, -0.15) is 0 Å². The van der Waals surface area contributed by atoms with Crippen molar-refractivity contribution in [2.24, 2.45) is 11.8 Å². The van der Waals surface area contributed by atoms with E-state index < -0.39 is 0 Å². The lowest BCUT2D eigenvalue weighted by molar-refractivity contribution is -0.123. The minimum Gasteiger partial charge on any atom is -0.396 e. The SMILES string of the molecule is O=C(NCC1CCCC1CO)[C@H]1CCCCN1. The average molecular weight is 240 g/mol. The molecule has 0 bridgehead atoms. The van der Waals surface area contributed by atoms with Crippen LogP contribution in [0.25, 0.3) is 0 Å². The van der Waals surface area contributed by atoms with E-state index in [1.807, 2.05) is 0 Å². The Labute approximate surface area is 103 Å². The highest BCUT2D eigenvalue weighted by atomic mass is 16.3. The molecule has 2 fully saturated rings. The van der Waals surface area contributed by atoms with Gasteiger partial charge in [-0.15, -0.1) is 0 Å². The third-order valence-electron chi connectivity index (χ3n) is 4.22. The fourth-order valence-corrected chi connectivity index (χ4v) is 3.05. The van der Waals surface area contributed by atoms with E-state index in [1.54, 1.807) is 0 Å². The molecular formula is C13H24N2O2. The van der Waals surface area contributed by atoms with E-state index in [1.165, 1.54) is 12.8 Å². The molecule has 1 heterocycles. The van der Waals surface area contributed by atoms with E-state index in [-0.39, 0.29) is 18.6 Å². The Bertz CT molecular complexity index is 252. The van der Waals surface area contributed by atoms with Crippen molar-refractivity contribution in [2.75, 3.05) is 19.7 Å². The number of carbonyl (C=O) groups excluding carboxylic acids is 1. The Morgan fingerprint density at radius 1 is 1.18 bits per heavy atom. The monoisotopic (exact) mass is 240 g/mol. The maximum Gasteiger partial charge on any atom is 0.237 e. The van der Waals surface area contributed by atoms with E-state index in [0.29, 0.717) is 11.8 Å². The van der Waals surface area contributed by atoms with Gasteiger partial charge in [0.1, 0.15) is 0 Å². The first-order valence-electron chi connectivity index (χ1n) is 6.93. The highest BCUT2D eigenvalue weighted by Crippen LogP contribution is 2.30. The summed E-state index contributed by atoms with van der Waals surface area (Å²) in [6.45, 7) is 1.96. The van der Waals surface area contributed by atoms with Crippen LogP contribution in [-0.2, 0) is 4.79 Å². The van der Waals surface area contributed by atoms with E-state index in [0.717, 1.165) is 38.8 Å². The van der Waals surface area contributed by atoms with Gasteiger partial charge in [-0.3, -0.25) is 4.79 Å². The number of carbonyl (C=O) groups is 1. The Balaban J connectivity index is 1.71. The zero-order chi connectivity index (χ0) is 12.1. The number of hydrogen-bond donors (Lipinski definition) is 3. The molecule has 3 N–H and O–H groups in total. The first-order valence-corrected chi connectivity index (χ1v) is 6.93. The molecule has 2 rings (SSSR count). The summed E-state index contributed by atoms with van der Waals surface area (Å²) >= 11 is 0. The molecule has 1 amide bonds. The van der Waals surface area contributed by atoms with Crippen LogP contribution in [0.5, 0.6) is 0 Å². The summed E-state index contributed by atoms with van der Waals surface area (Å²) in [6, 6.07) is 0.0118. The van der Waals surface area contributed by atoms with Crippen molar-refractivity contribution in [1.29, 1.82) is 0 Å². The lowest BCUT2D eigenvalue weighted by Gasteiger charge is -2.24. The van der Waals surface area contributed by atoms with Crippen LogP contribution in [-0.4, -0.2) is 36.8 Å². The van der Waals surface area contributed by atoms with Crippen LogP contribution in [0.2, 0.25) is 0 Å². The van der Waals surface area contributed by atoms with Crippen molar-refractivity contribution in [3.63, 3.8) is 0 Å². The Hall–Kier alpha value is -0.610. The van der Waals surface area contributed by atoms with Gasteiger partial charge in [-0.1, -0.05) is 12.8 Å². The minimum absolute atomic E-state index is 0.0118. The summed E-state index contributed by atoms with van der Waals surface area (Å²) in [4.78, 5) is 11.9. The number of nitrogens with one attached hydrogen (secondary N) is 2. The third kappa shape index (κ3) is 3.42. The standard InChI is InChI=1S/C13H24N2O2/c16-9-11-5-3-4-10(11)8-15-13(17)12-6-1-2-7-14-12/h10-12,14,16H,1-9H2,(H,15,17)/t10?,11?,12-/m1/s1. The molecule has 4 nitrogen and oxygen atoms in total. The number of amides is 1. The molecule has 1 saturated heterocycles. The molecule has 1 aliphatic carbocycles. The third-order valence-corrected chi connectivity index (χ3v) is 4.22. The average Bonchev–Trinajstić information content (AvgIpc) is 2.84. The zero-order valence-corrected chi connectivity index (χ0v) is 10.5. The number of hydrogen-bond acceptors (Lipinski definition) is 3. The highest BCUT2D eigenvalue weighted by molar-refractivity contribution is 5.81. The van der Waals surface area contributed by atoms with Gasteiger partial charge in [0.2, 0.25) is 5.91 Å². The van der Waals surface area contributed by atoms with Crippen LogP contribution >= 0.6 is 0 Å². The van der Waals surface area contributed by atoms with Gasteiger partial charge < -0.3 is 15.7 Å². The summed E-state index contributed by atoms with van der Waals surface area (Å²) in [7, 11) is 0. The predicted octanol–water partition coefficient (Wildman–Crippen LogP) is 0.653. The second-order valence-electron chi connectivity index (χ2n) is 5.38. The van der Waals surface area contributed by atoms with Crippen LogP contribution in [0.15, 0.2) is 0 Å². The summed E-state index contributed by atoms with van der Waals surface area (Å²) < 4.78 is 0. The lowest BCUT2D eigenvalue weighted by atomic mass is 9.96. The van der Waals surface area contributed by atoms with Gasteiger partial charge in [0.05, 0.1) is 6.04 Å². The van der Waals surface area contributed by atoms with Gasteiger partial charge in [-0.25, -0.2) is 0 Å². The molecule has 3 atom stereocenters. The van der Waals surface area contributed by atoms with Crippen LogP contribution in [0, 0.1) is 11.8 Å². The molecule has 0 aromatic carbocycles. The van der Waals surface area contributed by atoms with E-state index in [4.69, 9.17) is 0 Å². The summed E-state index contributed by atoms with van der Waals surface area (Å²) in [5, 5.41) is 15.5. The topological polar surface area (TPSA) is 61.4 Å². The van der Waals surface area contributed by atoms with Crippen LogP contribution in [0.4, 0.5) is 0 Å². The van der Waals surface area contributed by atoms with Gasteiger partial charge >= 0.3 is 0 Å². The first-order chi connectivity index (χ1) is 8.31. The van der Waals surface area contributed by atoms with Crippen LogP contribution in [0.1, 0.15) is 38.5 Å². The smallest absolute Gasteiger partial charge is 0.237 e. The number of aliphatic hydroxyl groups excluding tert-OH is 1. The van der Waals surface area contributed by atoms with Gasteiger partial charge in [0.15, 0.2) is 0 Å². The van der Waals surface area contributed by atoms with Crippen molar-refractivity contribution in [1.82, 2.24) is 10.6 Å². The number of piperidine rings is 1. The van der Waals surface area contributed by atoms with E-state index in [9.17, 15) is 9.90 Å². The van der Waals surface area contributed by atoms with E-state index >= 15 is 0 Å². The molecule has 4 heteroatoms. The van der Waals surface area contributed by atoms with Crippen LogP contribution < -0.4 is 10.6 Å². The normalized spacial score (nSPS) is 33.6. The molecule has 0 radical (unpaired) electrons. The van der Waals surface area contributed by atoms with Crippen LogP contribution in [0.3, 0.4) is 0 Å². The Kier molecular flexibility index (Phi) is 4.80. The molecule has 17 heavy (non-hydrogen) atoms. The molecule has 1 saturated carbocycles. The first kappa shape index (κ1) is 12.8. The van der Waals surface area contributed by atoms with Gasteiger partial charge in [0, 0.05) is 13.2 Å². The zero-order valence-electron chi connectivity index (χ0n) is 10.5. The molecule has 98 valence electrons. The molecule has 1 aliphatic heterocycles. The van der Waals surface area contributed by atoms with Gasteiger partial charge in [0.25, 0.3) is 0 Å². The van der Waals surface area contributed by atoms with Crippen molar-refractivity contribution >= 4 is 5.91 Å². The van der Waals surface area contributed by atoms with Crippen molar-refractivity contribution in [3.8, 4) is 0 Å². The molecule has 2 unspecified atom stereocenters. The van der Waals surface area contributed by atoms with Crippen molar-refractivity contribution < 1.29 is 9.90 Å². The largest absolute Gasteiger partial charge is 0.396 e. The molecule has 0 spiro atoms. The van der Waals surface area contributed by atoms with Crippen molar-refractivity contribution in [2.45, 2.75) is 44.6 Å². The number of aliphatic hydroxyl groups is 1. The van der Waals surface area contributed by atoms with Crippen molar-refractivity contribution in [3.05, 3.63) is 0 Å². The summed E-state index contributed by atoms with van der Waals surface area (Å²) in [5.74, 6) is 1.02. The van der Waals surface area contributed by atoms with Gasteiger partial charge in [-0.05, 0) is 44.1 Å². The fourth-order valence-electron chi connectivity index (χ4n) is 3.05.